The lowest BCUT2D eigenvalue weighted by molar-refractivity contribution is 0.0699. The number of hydrogen-bond acceptors (Lipinski definition) is 4. The first-order valence-electron chi connectivity index (χ1n) is 7.16. The van der Waals surface area contributed by atoms with Crippen molar-refractivity contribution in [3.8, 4) is 11.3 Å². The molecule has 1 aliphatic heterocycles. The molecule has 6 heteroatoms. The van der Waals surface area contributed by atoms with Crippen molar-refractivity contribution in [1.29, 1.82) is 0 Å². The molecule has 1 fully saturated rings. The van der Waals surface area contributed by atoms with Crippen LogP contribution in [0.25, 0.3) is 11.3 Å². The molecule has 0 unspecified atom stereocenters. The van der Waals surface area contributed by atoms with Crippen LogP contribution in [0.4, 0.5) is 0 Å². The van der Waals surface area contributed by atoms with Gasteiger partial charge in [0.2, 0.25) is 0 Å². The van der Waals surface area contributed by atoms with Crippen LogP contribution < -0.4 is 5.32 Å². The molecule has 0 radical (unpaired) electrons. The van der Waals surface area contributed by atoms with Gasteiger partial charge in [0.15, 0.2) is 0 Å². The van der Waals surface area contributed by atoms with Crippen LogP contribution >= 0.6 is 11.3 Å². The molecule has 0 spiro atoms. The first-order chi connectivity index (χ1) is 10.0. The lowest BCUT2D eigenvalue weighted by Gasteiger charge is -2.31. The zero-order chi connectivity index (χ0) is 15.0. The molecular formula is C15H20N4OS. The highest BCUT2D eigenvalue weighted by molar-refractivity contribution is 7.09. The number of nitrogens with zero attached hydrogens (tertiary/aromatic N) is 3. The minimum absolute atomic E-state index is 0.101. The van der Waals surface area contributed by atoms with Gasteiger partial charge in [-0.25, -0.2) is 4.98 Å². The maximum atomic E-state index is 12.7. The van der Waals surface area contributed by atoms with Crippen molar-refractivity contribution in [1.82, 2.24) is 19.8 Å². The van der Waals surface area contributed by atoms with E-state index in [1.165, 1.54) is 0 Å². The zero-order valence-electron chi connectivity index (χ0n) is 12.6. The topological polar surface area (TPSA) is 50.2 Å². The molecule has 0 bridgehead atoms. The van der Waals surface area contributed by atoms with Crippen LogP contribution in [0.1, 0.15) is 22.4 Å². The van der Waals surface area contributed by atoms with Crippen molar-refractivity contribution < 1.29 is 4.79 Å². The highest BCUT2D eigenvalue weighted by Gasteiger charge is 2.24. The van der Waals surface area contributed by atoms with Crippen LogP contribution in [0, 0.1) is 6.92 Å². The van der Waals surface area contributed by atoms with E-state index < -0.39 is 0 Å². The molecule has 112 valence electrons. The van der Waals surface area contributed by atoms with Gasteiger partial charge in [0.25, 0.3) is 5.91 Å². The average Bonchev–Trinajstić information content (AvgIpc) is 3.04. The maximum Gasteiger partial charge on any atom is 0.270 e. The van der Waals surface area contributed by atoms with Crippen molar-refractivity contribution in [2.24, 2.45) is 7.05 Å². The SMILES string of the molecule is Cc1nc(-c2cc(C(=O)N3CCN[C@H](C)C3)n(C)c2)cs1. The molecule has 0 aliphatic carbocycles. The Balaban J connectivity index is 1.85. The van der Waals surface area contributed by atoms with E-state index in [4.69, 9.17) is 0 Å². The highest BCUT2D eigenvalue weighted by atomic mass is 32.1. The van der Waals surface area contributed by atoms with E-state index in [1.807, 2.05) is 41.1 Å². The molecule has 3 heterocycles. The summed E-state index contributed by atoms with van der Waals surface area (Å²) in [4.78, 5) is 19.1. The predicted octanol–water partition coefficient (Wildman–Crippen LogP) is 1.89. The molecule has 1 saturated heterocycles. The summed E-state index contributed by atoms with van der Waals surface area (Å²) in [6, 6.07) is 2.30. The molecule has 1 aliphatic rings. The smallest absolute Gasteiger partial charge is 0.270 e. The Bertz CT molecular complexity index is 660. The van der Waals surface area contributed by atoms with Crippen molar-refractivity contribution >= 4 is 17.2 Å². The number of aromatic nitrogens is 2. The fourth-order valence-corrected chi connectivity index (χ4v) is 3.31. The van der Waals surface area contributed by atoms with E-state index in [0.29, 0.717) is 6.04 Å². The molecule has 5 nitrogen and oxygen atoms in total. The molecule has 2 aromatic rings. The molecule has 1 amide bonds. The van der Waals surface area contributed by atoms with E-state index in [-0.39, 0.29) is 5.91 Å². The summed E-state index contributed by atoms with van der Waals surface area (Å²) in [5.74, 6) is 0.101. The fraction of sp³-hybridized carbons (Fsp3) is 0.467. The van der Waals surface area contributed by atoms with Gasteiger partial charge in [-0.2, -0.15) is 0 Å². The molecule has 1 N–H and O–H groups in total. The number of hydrogen-bond donors (Lipinski definition) is 1. The number of amides is 1. The zero-order valence-corrected chi connectivity index (χ0v) is 13.4. The van der Waals surface area contributed by atoms with E-state index in [2.05, 4.69) is 17.2 Å². The number of carbonyl (C=O) groups excluding carboxylic acids is 1. The molecule has 21 heavy (non-hydrogen) atoms. The summed E-state index contributed by atoms with van der Waals surface area (Å²) in [6.07, 6.45) is 1.98. The normalized spacial score (nSPS) is 19.0. The number of aryl methyl sites for hydroxylation is 2. The third kappa shape index (κ3) is 2.87. The second-order valence-corrected chi connectivity index (χ2v) is 6.65. The van der Waals surface area contributed by atoms with Gasteiger partial charge in [0.05, 0.1) is 10.7 Å². The summed E-state index contributed by atoms with van der Waals surface area (Å²) in [5.41, 5.74) is 2.68. The van der Waals surface area contributed by atoms with E-state index in [9.17, 15) is 4.79 Å². The molecule has 0 saturated carbocycles. The first-order valence-corrected chi connectivity index (χ1v) is 8.04. The number of nitrogens with one attached hydrogen (secondary N) is 1. The summed E-state index contributed by atoms with van der Waals surface area (Å²) in [6.45, 7) is 6.48. The maximum absolute atomic E-state index is 12.7. The molecule has 0 aromatic carbocycles. The van der Waals surface area contributed by atoms with Gasteiger partial charge in [-0.1, -0.05) is 0 Å². The minimum atomic E-state index is 0.101. The number of thiazole rings is 1. The van der Waals surface area contributed by atoms with E-state index in [1.54, 1.807) is 11.3 Å². The third-order valence-electron chi connectivity index (χ3n) is 3.79. The second-order valence-electron chi connectivity index (χ2n) is 5.58. The Morgan fingerprint density at radius 3 is 3.00 bits per heavy atom. The van der Waals surface area contributed by atoms with Crippen LogP contribution in [-0.4, -0.2) is 46.0 Å². The second kappa shape index (κ2) is 5.61. The largest absolute Gasteiger partial charge is 0.346 e. The summed E-state index contributed by atoms with van der Waals surface area (Å²) in [7, 11) is 1.92. The Morgan fingerprint density at radius 1 is 1.52 bits per heavy atom. The molecule has 2 aromatic heterocycles. The van der Waals surface area contributed by atoms with Crippen LogP contribution in [0.2, 0.25) is 0 Å². The lowest BCUT2D eigenvalue weighted by atomic mass is 10.2. The van der Waals surface area contributed by atoms with Crippen LogP contribution in [0.15, 0.2) is 17.6 Å². The number of carbonyl (C=O) groups is 1. The van der Waals surface area contributed by atoms with Crippen LogP contribution in [-0.2, 0) is 7.05 Å². The Hall–Kier alpha value is -1.66. The quantitative estimate of drug-likeness (QED) is 0.922. The minimum Gasteiger partial charge on any atom is -0.346 e. The van der Waals surface area contributed by atoms with Crippen LogP contribution in [0.3, 0.4) is 0 Å². The monoisotopic (exact) mass is 304 g/mol. The van der Waals surface area contributed by atoms with Gasteiger partial charge in [-0.15, -0.1) is 11.3 Å². The third-order valence-corrected chi connectivity index (χ3v) is 4.57. The summed E-state index contributed by atoms with van der Waals surface area (Å²) >= 11 is 1.63. The number of rotatable bonds is 2. The summed E-state index contributed by atoms with van der Waals surface area (Å²) < 4.78 is 1.90. The average molecular weight is 304 g/mol. The first kappa shape index (κ1) is 14.3. The van der Waals surface area contributed by atoms with E-state index >= 15 is 0 Å². The van der Waals surface area contributed by atoms with Crippen molar-refractivity contribution in [3.05, 3.63) is 28.3 Å². The van der Waals surface area contributed by atoms with Crippen molar-refractivity contribution in [3.63, 3.8) is 0 Å². The van der Waals surface area contributed by atoms with Gasteiger partial charge in [-0.05, 0) is 19.9 Å². The van der Waals surface area contributed by atoms with E-state index in [0.717, 1.165) is 41.6 Å². The Labute approximate surface area is 128 Å². The van der Waals surface area contributed by atoms with Crippen LogP contribution in [0.5, 0.6) is 0 Å². The van der Waals surface area contributed by atoms with Gasteiger partial charge >= 0.3 is 0 Å². The van der Waals surface area contributed by atoms with Crippen molar-refractivity contribution in [2.75, 3.05) is 19.6 Å². The highest BCUT2D eigenvalue weighted by Crippen LogP contribution is 2.24. The lowest BCUT2D eigenvalue weighted by Crippen LogP contribution is -2.51. The van der Waals surface area contributed by atoms with Gasteiger partial charge in [-0.3, -0.25) is 4.79 Å². The van der Waals surface area contributed by atoms with Gasteiger partial charge in [0, 0.05) is 49.9 Å². The molecule has 3 rings (SSSR count). The van der Waals surface area contributed by atoms with Crippen molar-refractivity contribution in [2.45, 2.75) is 19.9 Å². The number of piperazine rings is 1. The fourth-order valence-electron chi connectivity index (χ4n) is 2.69. The Kier molecular flexibility index (Phi) is 3.82. The van der Waals surface area contributed by atoms with Gasteiger partial charge < -0.3 is 14.8 Å². The molecule has 1 atom stereocenters. The molecular weight excluding hydrogens is 284 g/mol. The summed E-state index contributed by atoms with van der Waals surface area (Å²) in [5, 5.41) is 6.43. The standard InChI is InChI=1S/C15H20N4OS/c1-10-7-19(5-4-16-10)15(20)14-6-12(8-18(14)3)13-9-21-11(2)17-13/h6,8-10,16H,4-5,7H2,1-3H3/t10-/m1/s1. The predicted molar refractivity (Wildman–Crippen MR) is 84.6 cm³/mol. The Morgan fingerprint density at radius 2 is 2.33 bits per heavy atom. The van der Waals surface area contributed by atoms with Gasteiger partial charge in [0.1, 0.15) is 5.69 Å².